The molecule has 0 aliphatic heterocycles. The molecule has 0 fully saturated rings. The van der Waals surface area contributed by atoms with Crippen LogP contribution >= 0.6 is 0 Å². The van der Waals surface area contributed by atoms with Gasteiger partial charge in [-0.25, -0.2) is 8.78 Å². The second kappa shape index (κ2) is 2.77. The quantitative estimate of drug-likeness (QED) is 0.656. The van der Waals surface area contributed by atoms with Crippen molar-refractivity contribution in [2.75, 3.05) is 0 Å². The first kappa shape index (κ1) is 8.63. The molecule has 3 heteroatoms. The first-order chi connectivity index (χ1) is 6.11. The summed E-state index contributed by atoms with van der Waals surface area (Å²) < 4.78 is 26.4. The van der Waals surface area contributed by atoms with Gasteiger partial charge in [-0.05, 0) is 30.0 Å². The Morgan fingerprint density at radius 1 is 1.23 bits per heavy atom. The number of aliphatic hydroxyl groups excluding tert-OH is 1. The monoisotopic (exact) mass is 184 g/mol. The summed E-state index contributed by atoms with van der Waals surface area (Å²) in [6, 6.07) is 2.18. The van der Waals surface area contributed by atoms with Crippen LogP contribution in [0.15, 0.2) is 12.1 Å². The van der Waals surface area contributed by atoms with E-state index in [1.165, 1.54) is 0 Å². The summed E-state index contributed by atoms with van der Waals surface area (Å²) in [5, 5.41) is 9.45. The van der Waals surface area contributed by atoms with E-state index in [4.69, 9.17) is 0 Å². The minimum atomic E-state index is -0.847. The van der Waals surface area contributed by atoms with Gasteiger partial charge in [0.1, 0.15) is 11.6 Å². The van der Waals surface area contributed by atoms with Crippen LogP contribution in [0, 0.1) is 11.6 Å². The van der Waals surface area contributed by atoms with Crippen molar-refractivity contribution in [1.82, 2.24) is 0 Å². The van der Waals surface area contributed by atoms with Crippen LogP contribution in [0.25, 0.3) is 0 Å². The van der Waals surface area contributed by atoms with Gasteiger partial charge in [-0.15, -0.1) is 0 Å². The van der Waals surface area contributed by atoms with Crippen molar-refractivity contribution in [2.24, 2.45) is 0 Å². The summed E-state index contributed by atoms with van der Waals surface area (Å²) in [5.74, 6) is -1.02. The highest BCUT2D eigenvalue weighted by molar-refractivity contribution is 5.38. The summed E-state index contributed by atoms with van der Waals surface area (Å²) in [6.07, 6.45) is -0.437. The first-order valence-corrected chi connectivity index (χ1v) is 4.27. The van der Waals surface area contributed by atoms with Crippen molar-refractivity contribution in [2.45, 2.75) is 25.4 Å². The molecule has 70 valence electrons. The van der Waals surface area contributed by atoms with Crippen molar-refractivity contribution in [3.63, 3.8) is 0 Å². The van der Waals surface area contributed by atoms with Crippen molar-refractivity contribution in [1.29, 1.82) is 0 Å². The fraction of sp³-hybridized carbons (Fsp3) is 0.400. The molecule has 1 aromatic carbocycles. The largest absolute Gasteiger partial charge is 0.388 e. The van der Waals surface area contributed by atoms with Gasteiger partial charge >= 0.3 is 0 Å². The Labute approximate surface area is 75.0 Å². The smallest absolute Gasteiger partial charge is 0.129 e. The Kier molecular flexibility index (Phi) is 1.84. The molecule has 2 atom stereocenters. The van der Waals surface area contributed by atoms with Gasteiger partial charge in [0, 0.05) is 5.56 Å². The highest BCUT2D eigenvalue weighted by atomic mass is 19.1. The molecule has 0 saturated heterocycles. The lowest BCUT2D eigenvalue weighted by atomic mass is 10.0. The molecule has 1 aliphatic rings. The average Bonchev–Trinajstić information content (AvgIpc) is 2.36. The summed E-state index contributed by atoms with van der Waals surface area (Å²) in [5.41, 5.74) is 0.486. The van der Waals surface area contributed by atoms with Crippen molar-refractivity contribution in [3.8, 4) is 0 Å². The maximum absolute atomic E-state index is 13.2. The third-order valence-electron chi connectivity index (χ3n) is 2.58. The summed E-state index contributed by atoms with van der Waals surface area (Å²) in [7, 11) is 0. The Balaban J connectivity index is 2.67. The SMILES string of the molecule is C[C@@H]1C[C@H](O)c2c(F)ccc(F)c21. The normalized spacial score (nSPS) is 26.2. The number of fused-ring (bicyclic) bond motifs is 1. The third-order valence-corrected chi connectivity index (χ3v) is 2.58. The Morgan fingerprint density at radius 2 is 1.77 bits per heavy atom. The number of aliphatic hydroxyl groups is 1. The lowest BCUT2D eigenvalue weighted by molar-refractivity contribution is 0.170. The van der Waals surface area contributed by atoms with E-state index in [-0.39, 0.29) is 11.5 Å². The van der Waals surface area contributed by atoms with Crippen LogP contribution in [-0.4, -0.2) is 5.11 Å². The second-order valence-corrected chi connectivity index (χ2v) is 3.51. The minimum Gasteiger partial charge on any atom is -0.388 e. The lowest BCUT2D eigenvalue weighted by Crippen LogP contribution is -1.97. The average molecular weight is 184 g/mol. The molecule has 0 saturated carbocycles. The molecule has 13 heavy (non-hydrogen) atoms. The summed E-state index contributed by atoms with van der Waals surface area (Å²) in [4.78, 5) is 0. The Morgan fingerprint density at radius 3 is 2.31 bits per heavy atom. The predicted octanol–water partition coefficient (Wildman–Crippen LogP) is 2.51. The molecular weight excluding hydrogens is 174 g/mol. The molecule has 0 heterocycles. The molecule has 0 unspecified atom stereocenters. The molecule has 0 spiro atoms. The van der Waals surface area contributed by atoms with Crippen LogP contribution in [0.2, 0.25) is 0 Å². The van der Waals surface area contributed by atoms with Gasteiger partial charge in [-0.1, -0.05) is 6.92 Å². The molecule has 1 aliphatic carbocycles. The van der Waals surface area contributed by atoms with Crippen molar-refractivity contribution in [3.05, 3.63) is 34.9 Å². The molecule has 1 aromatic rings. The molecule has 2 rings (SSSR count). The third kappa shape index (κ3) is 1.15. The van der Waals surface area contributed by atoms with E-state index in [1.54, 1.807) is 6.92 Å². The van der Waals surface area contributed by atoms with Crippen molar-refractivity contribution < 1.29 is 13.9 Å². The second-order valence-electron chi connectivity index (χ2n) is 3.51. The van der Waals surface area contributed by atoms with Crippen LogP contribution in [0.3, 0.4) is 0 Å². The molecule has 0 radical (unpaired) electrons. The fourth-order valence-corrected chi connectivity index (χ4v) is 1.99. The van der Waals surface area contributed by atoms with Crippen LogP contribution in [0.1, 0.15) is 36.5 Å². The zero-order valence-corrected chi connectivity index (χ0v) is 7.22. The topological polar surface area (TPSA) is 20.2 Å². The number of hydrogen-bond donors (Lipinski definition) is 1. The van der Waals surface area contributed by atoms with Gasteiger partial charge in [-0.3, -0.25) is 0 Å². The summed E-state index contributed by atoms with van der Waals surface area (Å²) in [6.45, 7) is 1.79. The van der Waals surface area contributed by atoms with Gasteiger partial charge < -0.3 is 5.11 Å². The van der Waals surface area contributed by atoms with Gasteiger partial charge in [-0.2, -0.15) is 0 Å². The predicted molar refractivity (Wildman–Crippen MR) is 44.3 cm³/mol. The van der Waals surface area contributed by atoms with Gasteiger partial charge in [0.25, 0.3) is 0 Å². The van der Waals surface area contributed by atoms with E-state index >= 15 is 0 Å². The maximum Gasteiger partial charge on any atom is 0.129 e. The fourth-order valence-electron chi connectivity index (χ4n) is 1.99. The van der Waals surface area contributed by atoms with Crippen molar-refractivity contribution >= 4 is 0 Å². The molecule has 1 N–H and O–H groups in total. The number of hydrogen-bond acceptors (Lipinski definition) is 1. The van der Waals surface area contributed by atoms with Crippen LogP contribution in [0.4, 0.5) is 8.78 Å². The highest BCUT2D eigenvalue weighted by Crippen LogP contribution is 2.42. The number of benzene rings is 1. The number of rotatable bonds is 0. The Hall–Kier alpha value is -0.960. The van der Waals surface area contributed by atoms with E-state index in [9.17, 15) is 13.9 Å². The van der Waals surface area contributed by atoms with Crippen LogP contribution < -0.4 is 0 Å². The maximum atomic E-state index is 13.2. The van der Waals surface area contributed by atoms with Crippen LogP contribution in [0.5, 0.6) is 0 Å². The van der Waals surface area contributed by atoms with E-state index in [0.717, 1.165) is 12.1 Å². The Bertz CT molecular complexity index is 316. The van der Waals surface area contributed by atoms with E-state index in [0.29, 0.717) is 12.0 Å². The molecule has 0 aromatic heterocycles. The zero-order chi connectivity index (χ0) is 9.59. The van der Waals surface area contributed by atoms with Gasteiger partial charge in [0.05, 0.1) is 6.10 Å². The highest BCUT2D eigenvalue weighted by Gasteiger charge is 2.32. The first-order valence-electron chi connectivity index (χ1n) is 4.27. The van der Waals surface area contributed by atoms with Crippen LogP contribution in [-0.2, 0) is 0 Å². The standard InChI is InChI=1S/C10H10F2O/c1-5-4-8(13)10-7(12)3-2-6(11)9(5)10/h2-3,5,8,13H,4H2,1H3/t5-,8+/m1/s1. The van der Waals surface area contributed by atoms with Gasteiger partial charge in [0.2, 0.25) is 0 Å². The summed E-state index contributed by atoms with van der Waals surface area (Å²) >= 11 is 0. The zero-order valence-electron chi connectivity index (χ0n) is 7.22. The van der Waals surface area contributed by atoms with E-state index in [2.05, 4.69) is 0 Å². The van der Waals surface area contributed by atoms with E-state index < -0.39 is 17.7 Å². The molecule has 1 nitrogen and oxygen atoms in total. The lowest BCUT2D eigenvalue weighted by Gasteiger charge is -2.06. The molecule has 0 amide bonds. The van der Waals surface area contributed by atoms with Gasteiger partial charge in [0.15, 0.2) is 0 Å². The number of halogens is 2. The minimum absolute atomic E-state index is 0.0966. The van der Waals surface area contributed by atoms with E-state index in [1.807, 2.05) is 0 Å². The molecular formula is C10H10F2O. The molecule has 0 bridgehead atoms.